The molecule has 1 aromatic rings. The number of nitrogens with zero attached hydrogens (tertiary/aromatic N) is 1. The first kappa shape index (κ1) is 20.3. The number of imide groups is 1. The van der Waals surface area contributed by atoms with Crippen molar-refractivity contribution in [3.63, 3.8) is 0 Å². The second-order valence-electron chi connectivity index (χ2n) is 6.42. The van der Waals surface area contributed by atoms with Crippen LogP contribution in [-0.4, -0.2) is 55.2 Å². The average Bonchev–Trinajstić information content (AvgIpc) is 3.07. The van der Waals surface area contributed by atoms with E-state index in [2.05, 4.69) is 16.0 Å². The van der Waals surface area contributed by atoms with Crippen LogP contribution in [0.5, 0.6) is 0 Å². The highest BCUT2D eigenvalue weighted by Gasteiger charge is 2.19. The molecule has 1 saturated carbocycles. The lowest BCUT2D eigenvalue weighted by molar-refractivity contribution is -0.122. The Morgan fingerprint density at radius 1 is 1.12 bits per heavy atom. The zero-order chi connectivity index (χ0) is 18.9. The predicted molar refractivity (Wildman–Crippen MR) is 103 cm³/mol. The number of para-hydroxylation sites is 1. The number of hydrogen-bond acceptors (Lipinski definition) is 5. The minimum atomic E-state index is -0.464. The second kappa shape index (κ2) is 10.2. The third-order valence-electron chi connectivity index (χ3n) is 4.15. The topological polar surface area (TPSA) is 90.5 Å². The van der Waals surface area contributed by atoms with Crippen LogP contribution in [0.2, 0.25) is 0 Å². The summed E-state index contributed by atoms with van der Waals surface area (Å²) in [4.78, 5) is 38.4. The first-order chi connectivity index (χ1) is 12.5. The van der Waals surface area contributed by atoms with Crippen LogP contribution >= 0.6 is 11.8 Å². The molecule has 0 heterocycles. The number of rotatable bonds is 7. The van der Waals surface area contributed by atoms with Gasteiger partial charge in [0.25, 0.3) is 0 Å². The first-order valence-electron chi connectivity index (χ1n) is 8.69. The number of carbonyl (C=O) groups is 3. The van der Waals surface area contributed by atoms with Gasteiger partial charge in [0.2, 0.25) is 11.8 Å². The van der Waals surface area contributed by atoms with Gasteiger partial charge in [-0.15, -0.1) is 11.8 Å². The summed E-state index contributed by atoms with van der Waals surface area (Å²) in [6.45, 7) is 0.0239. The van der Waals surface area contributed by atoms with Crippen molar-refractivity contribution in [1.82, 2.24) is 15.5 Å². The molecule has 1 aliphatic rings. The van der Waals surface area contributed by atoms with E-state index >= 15 is 0 Å². The number of benzene rings is 1. The van der Waals surface area contributed by atoms with Crippen molar-refractivity contribution in [3.8, 4) is 0 Å². The van der Waals surface area contributed by atoms with Crippen LogP contribution in [0.15, 0.2) is 29.2 Å². The molecule has 4 amide bonds. The van der Waals surface area contributed by atoms with Crippen LogP contribution in [0, 0.1) is 0 Å². The van der Waals surface area contributed by atoms with Gasteiger partial charge < -0.3 is 10.6 Å². The average molecular weight is 378 g/mol. The van der Waals surface area contributed by atoms with Crippen LogP contribution < -0.4 is 16.0 Å². The predicted octanol–water partition coefficient (Wildman–Crippen LogP) is 2.05. The summed E-state index contributed by atoms with van der Waals surface area (Å²) in [5, 5.41) is 7.95. The number of anilines is 1. The molecule has 0 radical (unpaired) electrons. The molecule has 7 nitrogen and oxygen atoms in total. The summed E-state index contributed by atoms with van der Waals surface area (Å²) >= 11 is 1.55. The minimum Gasteiger partial charge on any atom is -0.335 e. The maximum absolute atomic E-state index is 12.2. The lowest BCUT2D eigenvalue weighted by Gasteiger charge is -2.17. The number of thioether (sulfide) groups is 1. The molecule has 1 aromatic carbocycles. The fourth-order valence-electron chi connectivity index (χ4n) is 2.94. The molecule has 0 aliphatic heterocycles. The van der Waals surface area contributed by atoms with Crippen molar-refractivity contribution >= 4 is 35.3 Å². The van der Waals surface area contributed by atoms with Gasteiger partial charge >= 0.3 is 6.03 Å². The number of urea groups is 1. The highest BCUT2D eigenvalue weighted by molar-refractivity contribution is 7.98. The van der Waals surface area contributed by atoms with Gasteiger partial charge in [0.15, 0.2) is 0 Å². The van der Waals surface area contributed by atoms with Gasteiger partial charge in [0, 0.05) is 10.9 Å². The molecule has 0 bridgehead atoms. The van der Waals surface area contributed by atoms with E-state index in [1.54, 1.807) is 23.7 Å². The summed E-state index contributed by atoms with van der Waals surface area (Å²) in [5.74, 6) is -0.641. The fourth-order valence-corrected chi connectivity index (χ4v) is 3.50. The van der Waals surface area contributed by atoms with Crippen molar-refractivity contribution in [2.24, 2.45) is 0 Å². The molecule has 2 rings (SSSR count). The van der Waals surface area contributed by atoms with Gasteiger partial charge in [-0.1, -0.05) is 25.0 Å². The Hall–Kier alpha value is -2.06. The molecule has 1 fully saturated rings. The number of nitrogens with one attached hydrogen (secondary N) is 3. The zero-order valence-electron chi connectivity index (χ0n) is 15.2. The van der Waals surface area contributed by atoms with Crippen LogP contribution in [-0.2, 0) is 9.59 Å². The summed E-state index contributed by atoms with van der Waals surface area (Å²) in [6.07, 6.45) is 6.07. The molecule has 8 heteroatoms. The standard InChI is InChI=1S/C18H26N4O3S/c1-22(11-16(23)20-14-9-5-6-10-15(14)26-2)12-17(24)21-18(25)19-13-7-3-4-8-13/h5-6,9-10,13H,3-4,7-8,11-12H2,1-2H3,(H,20,23)(H2,19,21,24,25). The molecule has 0 spiro atoms. The molecular formula is C18H26N4O3S. The quantitative estimate of drug-likeness (QED) is 0.632. The van der Waals surface area contributed by atoms with Crippen molar-refractivity contribution in [2.75, 3.05) is 31.7 Å². The number of likely N-dealkylation sites (N-methyl/N-ethyl adjacent to an activating group) is 1. The van der Waals surface area contributed by atoms with E-state index in [1.165, 1.54) is 0 Å². The molecule has 0 saturated heterocycles. The number of carbonyl (C=O) groups excluding carboxylic acids is 3. The first-order valence-corrected chi connectivity index (χ1v) is 9.92. The van der Waals surface area contributed by atoms with Gasteiger partial charge in [-0.25, -0.2) is 4.79 Å². The monoisotopic (exact) mass is 378 g/mol. The Balaban J connectivity index is 1.72. The van der Waals surface area contributed by atoms with E-state index < -0.39 is 11.9 Å². The van der Waals surface area contributed by atoms with E-state index in [4.69, 9.17) is 0 Å². The SMILES string of the molecule is CSc1ccccc1NC(=O)CN(C)CC(=O)NC(=O)NC1CCCC1. The van der Waals surface area contributed by atoms with Crippen LogP contribution in [0.25, 0.3) is 0 Å². The molecular weight excluding hydrogens is 352 g/mol. The largest absolute Gasteiger partial charge is 0.335 e. The van der Waals surface area contributed by atoms with Crippen molar-refractivity contribution in [1.29, 1.82) is 0 Å². The third kappa shape index (κ3) is 6.68. The second-order valence-corrected chi connectivity index (χ2v) is 7.27. The maximum atomic E-state index is 12.2. The normalized spacial score (nSPS) is 14.3. The van der Waals surface area contributed by atoms with E-state index in [1.807, 2.05) is 30.5 Å². The number of amides is 4. The fraction of sp³-hybridized carbons (Fsp3) is 0.500. The van der Waals surface area contributed by atoms with E-state index in [-0.39, 0.29) is 25.0 Å². The maximum Gasteiger partial charge on any atom is 0.321 e. The summed E-state index contributed by atoms with van der Waals surface area (Å²) < 4.78 is 0. The number of hydrogen-bond donors (Lipinski definition) is 3. The van der Waals surface area contributed by atoms with E-state index in [9.17, 15) is 14.4 Å². The summed E-state index contributed by atoms with van der Waals surface area (Å²) in [5.41, 5.74) is 0.749. The third-order valence-corrected chi connectivity index (χ3v) is 4.95. The lowest BCUT2D eigenvalue weighted by atomic mass is 10.2. The van der Waals surface area contributed by atoms with Gasteiger partial charge in [-0.05, 0) is 38.3 Å². The van der Waals surface area contributed by atoms with E-state index in [0.717, 1.165) is 36.3 Å². The van der Waals surface area contributed by atoms with Crippen molar-refractivity contribution in [3.05, 3.63) is 24.3 Å². The summed E-state index contributed by atoms with van der Waals surface area (Å²) in [7, 11) is 1.66. The molecule has 26 heavy (non-hydrogen) atoms. The van der Waals surface area contributed by atoms with Crippen LogP contribution in [0.1, 0.15) is 25.7 Å². The molecule has 1 aliphatic carbocycles. The van der Waals surface area contributed by atoms with Gasteiger partial charge in [-0.2, -0.15) is 0 Å². The molecule has 3 N–H and O–H groups in total. The molecule has 142 valence electrons. The lowest BCUT2D eigenvalue weighted by Crippen LogP contribution is -2.47. The Bertz CT molecular complexity index is 647. The Kier molecular flexibility index (Phi) is 7.93. The minimum absolute atomic E-state index is 0.0321. The van der Waals surface area contributed by atoms with Crippen LogP contribution in [0.4, 0.5) is 10.5 Å². The molecule has 0 aromatic heterocycles. The Morgan fingerprint density at radius 2 is 1.77 bits per heavy atom. The Morgan fingerprint density at radius 3 is 2.46 bits per heavy atom. The van der Waals surface area contributed by atoms with Crippen molar-refractivity contribution in [2.45, 2.75) is 36.6 Å². The van der Waals surface area contributed by atoms with Gasteiger partial charge in [0.05, 0.1) is 18.8 Å². The van der Waals surface area contributed by atoms with Gasteiger partial charge in [-0.3, -0.25) is 19.8 Å². The molecule has 0 unspecified atom stereocenters. The summed E-state index contributed by atoms with van der Waals surface area (Å²) in [6, 6.07) is 7.23. The smallest absolute Gasteiger partial charge is 0.321 e. The Labute approximate surface area is 158 Å². The van der Waals surface area contributed by atoms with Crippen LogP contribution in [0.3, 0.4) is 0 Å². The highest BCUT2D eigenvalue weighted by Crippen LogP contribution is 2.24. The molecule has 0 atom stereocenters. The van der Waals surface area contributed by atoms with Crippen molar-refractivity contribution < 1.29 is 14.4 Å². The van der Waals surface area contributed by atoms with Gasteiger partial charge in [0.1, 0.15) is 0 Å². The highest BCUT2D eigenvalue weighted by atomic mass is 32.2. The zero-order valence-corrected chi connectivity index (χ0v) is 16.0. The van der Waals surface area contributed by atoms with E-state index in [0.29, 0.717) is 0 Å².